The molecule has 14 heavy (non-hydrogen) atoms. The minimum absolute atomic E-state index is 0.262. The molecule has 0 N–H and O–H groups in total. The summed E-state index contributed by atoms with van der Waals surface area (Å²) < 4.78 is 15.8. The van der Waals surface area contributed by atoms with E-state index >= 15 is 0 Å². The molecule has 1 aliphatic heterocycles. The van der Waals surface area contributed by atoms with Crippen LogP contribution in [0.4, 0.5) is 0 Å². The number of ether oxygens (including phenoxy) is 1. The van der Waals surface area contributed by atoms with E-state index in [0.717, 1.165) is 25.1 Å². The lowest BCUT2D eigenvalue weighted by Crippen LogP contribution is -2.41. The van der Waals surface area contributed by atoms with Gasteiger partial charge in [0.1, 0.15) is 0 Å². The van der Waals surface area contributed by atoms with Crippen molar-refractivity contribution in [3.05, 3.63) is 18.3 Å². The minimum atomic E-state index is -0.262. The van der Waals surface area contributed by atoms with Gasteiger partial charge >= 0.3 is 7.12 Å². The first-order valence-electron chi connectivity index (χ1n) is 4.63. The van der Waals surface area contributed by atoms with E-state index in [2.05, 4.69) is 4.98 Å². The number of pyridine rings is 1. The van der Waals surface area contributed by atoms with Gasteiger partial charge in [0, 0.05) is 24.9 Å². The molecule has 4 nitrogen and oxygen atoms in total. The van der Waals surface area contributed by atoms with Gasteiger partial charge in [0.25, 0.3) is 0 Å². The van der Waals surface area contributed by atoms with E-state index in [1.165, 1.54) is 0 Å². The van der Waals surface area contributed by atoms with Crippen LogP contribution in [0.1, 0.15) is 6.42 Å². The lowest BCUT2D eigenvalue weighted by Gasteiger charge is -2.19. The average molecular weight is 193 g/mol. The minimum Gasteiger partial charge on any atom is -0.481 e. The van der Waals surface area contributed by atoms with E-state index in [9.17, 15) is 0 Å². The van der Waals surface area contributed by atoms with Gasteiger partial charge in [0.15, 0.2) is 0 Å². The molecule has 0 atom stereocenters. The molecule has 0 bridgehead atoms. The Morgan fingerprint density at radius 2 is 2.14 bits per heavy atom. The summed E-state index contributed by atoms with van der Waals surface area (Å²) in [6.07, 6.45) is 2.68. The molecule has 1 aromatic rings. The molecule has 0 spiro atoms. The molecule has 2 rings (SSSR count). The number of nitrogens with zero attached hydrogens (tertiary/aromatic N) is 1. The van der Waals surface area contributed by atoms with Gasteiger partial charge in [-0.3, -0.25) is 0 Å². The molecule has 1 aromatic heterocycles. The summed E-state index contributed by atoms with van der Waals surface area (Å²) in [5.74, 6) is 0.601. The summed E-state index contributed by atoms with van der Waals surface area (Å²) in [5, 5.41) is 0. The number of methoxy groups -OCH3 is 1. The van der Waals surface area contributed by atoms with Crippen LogP contribution in [-0.4, -0.2) is 32.4 Å². The van der Waals surface area contributed by atoms with Crippen LogP contribution in [0.3, 0.4) is 0 Å². The van der Waals surface area contributed by atoms with Crippen molar-refractivity contribution in [3.63, 3.8) is 0 Å². The van der Waals surface area contributed by atoms with E-state index in [4.69, 9.17) is 14.0 Å². The third-order valence-corrected chi connectivity index (χ3v) is 2.07. The average Bonchev–Trinajstić information content (AvgIpc) is 2.30. The maximum atomic E-state index is 5.43. The standard InChI is InChI=1S/C9H12BNO3/c1-12-9-4-3-8(7-11-9)10-13-5-2-6-14-10/h3-4,7H,2,5-6H2,1H3. The number of hydrogen-bond acceptors (Lipinski definition) is 4. The van der Waals surface area contributed by atoms with Crippen molar-refractivity contribution in [2.75, 3.05) is 20.3 Å². The SMILES string of the molecule is COc1ccc(B2OCCCO2)cn1. The second-order valence-corrected chi connectivity index (χ2v) is 3.06. The summed E-state index contributed by atoms with van der Waals surface area (Å²) in [7, 11) is 1.33. The van der Waals surface area contributed by atoms with Crippen LogP contribution in [-0.2, 0) is 9.31 Å². The van der Waals surface area contributed by atoms with Crippen LogP contribution >= 0.6 is 0 Å². The first kappa shape index (κ1) is 9.49. The second kappa shape index (κ2) is 4.44. The fraction of sp³-hybridized carbons (Fsp3) is 0.444. The van der Waals surface area contributed by atoms with Gasteiger partial charge in [-0.15, -0.1) is 0 Å². The van der Waals surface area contributed by atoms with Crippen molar-refractivity contribution in [1.29, 1.82) is 0 Å². The highest BCUT2D eigenvalue weighted by Gasteiger charge is 2.24. The van der Waals surface area contributed by atoms with Crippen LogP contribution in [0, 0.1) is 0 Å². The second-order valence-electron chi connectivity index (χ2n) is 3.06. The topological polar surface area (TPSA) is 40.6 Å². The highest BCUT2D eigenvalue weighted by atomic mass is 16.6. The number of aromatic nitrogens is 1. The van der Waals surface area contributed by atoms with Crippen molar-refractivity contribution in [2.24, 2.45) is 0 Å². The smallest absolute Gasteiger partial charge is 0.481 e. The van der Waals surface area contributed by atoms with Gasteiger partial charge in [0.2, 0.25) is 5.88 Å². The Hall–Kier alpha value is -1.07. The molecule has 0 unspecified atom stereocenters. The first-order chi connectivity index (χ1) is 6.90. The maximum absolute atomic E-state index is 5.43. The molecule has 74 valence electrons. The molecule has 0 amide bonds. The summed E-state index contributed by atoms with van der Waals surface area (Å²) in [5.41, 5.74) is 0.936. The van der Waals surface area contributed by atoms with Crippen molar-refractivity contribution in [3.8, 4) is 5.88 Å². The Balaban J connectivity index is 2.07. The lowest BCUT2D eigenvalue weighted by molar-refractivity contribution is 0.143. The van der Waals surface area contributed by atoms with Crippen LogP contribution in [0.5, 0.6) is 5.88 Å². The molecule has 2 heterocycles. The largest absolute Gasteiger partial charge is 0.495 e. The van der Waals surface area contributed by atoms with Crippen molar-refractivity contribution in [2.45, 2.75) is 6.42 Å². The fourth-order valence-corrected chi connectivity index (χ4v) is 1.33. The van der Waals surface area contributed by atoms with Gasteiger partial charge in [-0.2, -0.15) is 0 Å². The molecule has 0 radical (unpaired) electrons. The molecule has 5 heteroatoms. The van der Waals surface area contributed by atoms with E-state index < -0.39 is 0 Å². The third kappa shape index (κ3) is 2.05. The predicted octanol–water partition coefficient (Wildman–Crippen LogP) is 0.222. The normalized spacial score (nSPS) is 16.8. The quantitative estimate of drug-likeness (QED) is 0.630. The lowest BCUT2D eigenvalue weighted by atomic mass is 9.79. The van der Waals surface area contributed by atoms with Crippen LogP contribution in [0.2, 0.25) is 0 Å². The Bertz CT molecular complexity index is 285. The molecule has 0 aromatic carbocycles. The van der Waals surface area contributed by atoms with Gasteiger partial charge in [0.05, 0.1) is 7.11 Å². The van der Waals surface area contributed by atoms with E-state index in [1.807, 2.05) is 6.07 Å². The van der Waals surface area contributed by atoms with Gasteiger partial charge < -0.3 is 14.0 Å². The molecular formula is C9H12BNO3. The van der Waals surface area contributed by atoms with Gasteiger partial charge in [-0.25, -0.2) is 4.98 Å². The summed E-state index contributed by atoms with van der Waals surface area (Å²) in [6.45, 7) is 1.49. The Morgan fingerprint density at radius 3 is 2.71 bits per heavy atom. The third-order valence-electron chi connectivity index (χ3n) is 2.07. The Kier molecular flexibility index (Phi) is 3.01. The Morgan fingerprint density at radius 1 is 1.36 bits per heavy atom. The highest BCUT2D eigenvalue weighted by Crippen LogP contribution is 2.04. The monoisotopic (exact) mass is 193 g/mol. The number of rotatable bonds is 2. The van der Waals surface area contributed by atoms with Crippen LogP contribution in [0.15, 0.2) is 18.3 Å². The molecule has 0 saturated carbocycles. The van der Waals surface area contributed by atoms with Gasteiger partial charge in [-0.1, -0.05) is 6.07 Å². The zero-order chi connectivity index (χ0) is 9.80. The van der Waals surface area contributed by atoms with Crippen molar-refractivity contribution >= 4 is 12.6 Å². The van der Waals surface area contributed by atoms with Crippen molar-refractivity contribution in [1.82, 2.24) is 4.98 Å². The first-order valence-corrected chi connectivity index (χ1v) is 4.63. The highest BCUT2D eigenvalue weighted by molar-refractivity contribution is 6.61. The summed E-state index contributed by atoms with van der Waals surface area (Å²) in [6, 6.07) is 3.71. The van der Waals surface area contributed by atoms with Gasteiger partial charge in [-0.05, 0) is 12.5 Å². The van der Waals surface area contributed by atoms with E-state index in [0.29, 0.717) is 5.88 Å². The molecular weight excluding hydrogens is 181 g/mol. The molecule has 1 saturated heterocycles. The van der Waals surface area contributed by atoms with E-state index in [-0.39, 0.29) is 7.12 Å². The zero-order valence-corrected chi connectivity index (χ0v) is 8.10. The van der Waals surface area contributed by atoms with Crippen LogP contribution in [0.25, 0.3) is 0 Å². The molecule has 1 fully saturated rings. The number of hydrogen-bond donors (Lipinski definition) is 0. The predicted molar refractivity (Wildman–Crippen MR) is 52.7 cm³/mol. The zero-order valence-electron chi connectivity index (χ0n) is 8.10. The van der Waals surface area contributed by atoms with Crippen LogP contribution < -0.4 is 10.2 Å². The molecule has 1 aliphatic rings. The fourth-order valence-electron chi connectivity index (χ4n) is 1.33. The molecule has 0 aliphatic carbocycles. The van der Waals surface area contributed by atoms with E-state index in [1.54, 1.807) is 19.4 Å². The van der Waals surface area contributed by atoms with Crippen molar-refractivity contribution < 1.29 is 14.0 Å². The maximum Gasteiger partial charge on any atom is 0.495 e. The summed E-state index contributed by atoms with van der Waals surface area (Å²) >= 11 is 0. The Labute approximate surface area is 83.3 Å². The summed E-state index contributed by atoms with van der Waals surface area (Å²) in [4.78, 5) is 4.09.